The molecule has 2 atom stereocenters. The van der Waals surface area contributed by atoms with E-state index in [0.29, 0.717) is 11.2 Å². The Labute approximate surface area is 371 Å². The van der Waals surface area contributed by atoms with Crippen molar-refractivity contribution in [3.8, 4) is 11.1 Å². The van der Waals surface area contributed by atoms with E-state index >= 15 is 0 Å². The highest BCUT2D eigenvalue weighted by atomic mass is 32.2. The van der Waals surface area contributed by atoms with E-state index in [0.717, 1.165) is 37.0 Å². The summed E-state index contributed by atoms with van der Waals surface area (Å²) in [6, 6.07) is 50.6. The number of benzene rings is 8. The molecule has 1 aromatic heterocycles. The van der Waals surface area contributed by atoms with Gasteiger partial charge in [-0.2, -0.15) is 0 Å². The van der Waals surface area contributed by atoms with Crippen LogP contribution in [0.2, 0.25) is 0 Å². The molecule has 0 saturated carbocycles. The predicted molar refractivity (Wildman–Crippen MR) is 269 cm³/mol. The monoisotopic (exact) mass is 824 g/mol. The normalized spacial score (nSPS) is 19.4. The topological polar surface area (TPSA) is 13.1 Å². The Hall–Kier alpha value is -6.61. The smallest absolute Gasteiger partial charge is 0.135 e. The number of hydrogen-bond acceptors (Lipinski definition) is 2. The highest BCUT2D eigenvalue weighted by molar-refractivity contribution is 8.01. The lowest BCUT2D eigenvalue weighted by molar-refractivity contribution is 0.418. The summed E-state index contributed by atoms with van der Waals surface area (Å²) in [5.74, 6) is 1.52. The van der Waals surface area contributed by atoms with Gasteiger partial charge < -0.3 is 4.42 Å². The van der Waals surface area contributed by atoms with E-state index < -0.39 is 0 Å². The summed E-state index contributed by atoms with van der Waals surface area (Å²) in [6.07, 6.45) is 18.4. The maximum absolute atomic E-state index is 6.45. The van der Waals surface area contributed by atoms with Crippen molar-refractivity contribution in [2.75, 3.05) is 0 Å². The highest BCUT2D eigenvalue weighted by Gasteiger charge is 2.44. The molecule has 63 heavy (non-hydrogen) atoms. The van der Waals surface area contributed by atoms with Gasteiger partial charge in [-0.25, -0.2) is 0 Å². The van der Waals surface area contributed by atoms with Crippen LogP contribution in [0.3, 0.4) is 0 Å². The van der Waals surface area contributed by atoms with Gasteiger partial charge in [0.1, 0.15) is 11.3 Å². The molecule has 0 saturated heterocycles. The molecule has 0 fully saturated rings. The maximum atomic E-state index is 6.45. The van der Waals surface area contributed by atoms with Crippen molar-refractivity contribution in [3.63, 3.8) is 0 Å². The lowest BCUT2D eigenvalue weighted by Gasteiger charge is -2.32. The van der Waals surface area contributed by atoms with Crippen LogP contribution in [-0.2, 0) is 11.8 Å². The Morgan fingerprint density at radius 1 is 0.556 bits per heavy atom. The number of rotatable bonds is 3. The molecule has 0 bridgehead atoms. The molecule has 2 heterocycles. The molecule has 2 unspecified atom stereocenters. The molecule has 14 rings (SSSR count). The third-order valence-electron chi connectivity index (χ3n) is 15.3. The Kier molecular flexibility index (Phi) is 7.53. The van der Waals surface area contributed by atoms with Crippen molar-refractivity contribution in [1.29, 1.82) is 0 Å². The van der Waals surface area contributed by atoms with E-state index in [9.17, 15) is 0 Å². The van der Waals surface area contributed by atoms with Crippen LogP contribution >= 0.6 is 11.8 Å². The quantitative estimate of drug-likeness (QED) is 0.165. The SMILES string of the molecule is CC1(C)c2cc(C3=CC=C4c5c(ccc6cc7c8c(oc7cc56)CCC=C8)SC4C3)ccc2C2=CC=C(c3c4ccccc4c(-c4cccc5ccccc45)c4ccccc34)CC21. The second-order valence-electron chi connectivity index (χ2n) is 18.9. The summed E-state index contributed by atoms with van der Waals surface area (Å²) in [7, 11) is 0. The van der Waals surface area contributed by atoms with E-state index in [1.165, 1.54) is 120 Å². The molecule has 1 nitrogen and oxygen atoms in total. The molecule has 0 amide bonds. The van der Waals surface area contributed by atoms with E-state index in [1.54, 1.807) is 0 Å². The van der Waals surface area contributed by atoms with Gasteiger partial charge in [-0.15, -0.1) is 11.8 Å². The third kappa shape index (κ3) is 5.13. The maximum Gasteiger partial charge on any atom is 0.135 e. The molecule has 8 aromatic carbocycles. The first-order valence-corrected chi connectivity index (χ1v) is 23.6. The first kappa shape index (κ1) is 35.9. The molecular formula is C61H44OS. The molecule has 1 aliphatic heterocycles. The fraction of sp³-hybridized carbons (Fsp3) is 0.148. The van der Waals surface area contributed by atoms with Gasteiger partial charge in [0, 0.05) is 33.1 Å². The van der Waals surface area contributed by atoms with E-state index in [-0.39, 0.29) is 5.41 Å². The minimum absolute atomic E-state index is 0.0229. The minimum atomic E-state index is -0.0229. The van der Waals surface area contributed by atoms with E-state index in [1.807, 2.05) is 11.8 Å². The highest BCUT2D eigenvalue weighted by Crippen LogP contribution is 2.58. The van der Waals surface area contributed by atoms with Gasteiger partial charge in [0.2, 0.25) is 0 Å². The number of aryl methyl sites for hydroxylation is 1. The molecule has 0 N–H and O–H groups in total. The van der Waals surface area contributed by atoms with Crippen molar-refractivity contribution < 1.29 is 4.42 Å². The second-order valence-corrected chi connectivity index (χ2v) is 20.2. The molecular weight excluding hydrogens is 781 g/mol. The lowest BCUT2D eigenvalue weighted by atomic mass is 9.71. The van der Waals surface area contributed by atoms with E-state index in [2.05, 4.69) is 184 Å². The van der Waals surface area contributed by atoms with Crippen LogP contribution in [0.15, 0.2) is 173 Å². The van der Waals surface area contributed by atoms with Crippen LogP contribution in [-0.4, -0.2) is 5.25 Å². The van der Waals surface area contributed by atoms with Gasteiger partial charge in [0.05, 0.1) is 0 Å². The van der Waals surface area contributed by atoms with Crippen molar-refractivity contribution in [1.82, 2.24) is 0 Å². The number of thioether (sulfide) groups is 1. The van der Waals surface area contributed by atoms with Gasteiger partial charge in [0.15, 0.2) is 0 Å². The number of fused-ring (bicyclic) bond motifs is 14. The van der Waals surface area contributed by atoms with Gasteiger partial charge in [-0.05, 0) is 148 Å². The molecule has 9 aromatic rings. The Morgan fingerprint density at radius 3 is 2.11 bits per heavy atom. The third-order valence-corrected chi connectivity index (χ3v) is 16.6. The zero-order valence-electron chi connectivity index (χ0n) is 35.5. The first-order valence-electron chi connectivity index (χ1n) is 22.7. The number of allylic oxidation sites excluding steroid dienone is 8. The summed E-state index contributed by atoms with van der Waals surface area (Å²) in [4.78, 5) is 1.39. The fourth-order valence-corrected chi connectivity index (χ4v) is 13.7. The van der Waals surface area contributed by atoms with Gasteiger partial charge in [0.25, 0.3) is 0 Å². The standard InChI is InChI=1S/C61H44OS/c1-61(2)52-31-36(37-23-28-49-57(33-37)63-56-29-25-38-30-51-43-15-9-10-21-54(43)62-55(51)34-50(38)60(49)56)22-26-41(52)42-27-24-39(32-53(42)61)58-45-16-5-7-18-47(45)59(48-19-8-6-17-46(48)58)44-20-11-13-35-12-3-4-14-40(35)44/h3-9,11-20,22-31,34,53,57H,10,21,32-33H2,1-2H3. The number of furan rings is 1. The zero-order valence-corrected chi connectivity index (χ0v) is 36.3. The van der Waals surface area contributed by atoms with Crippen molar-refractivity contribution in [2.45, 2.75) is 55.1 Å². The summed E-state index contributed by atoms with van der Waals surface area (Å²) in [5.41, 5.74) is 17.8. The fourth-order valence-electron chi connectivity index (χ4n) is 12.3. The van der Waals surface area contributed by atoms with Crippen LogP contribution in [0.5, 0.6) is 0 Å². The molecule has 2 heteroatoms. The Morgan fingerprint density at radius 2 is 1.29 bits per heavy atom. The van der Waals surface area contributed by atoms with Gasteiger partial charge >= 0.3 is 0 Å². The average molecular weight is 825 g/mol. The van der Waals surface area contributed by atoms with E-state index in [4.69, 9.17) is 4.42 Å². The summed E-state index contributed by atoms with van der Waals surface area (Å²) in [5, 5.41) is 12.1. The van der Waals surface area contributed by atoms with Gasteiger partial charge in [-0.3, -0.25) is 0 Å². The Bertz CT molecular complexity index is 3630. The van der Waals surface area contributed by atoms with Crippen LogP contribution in [0, 0.1) is 5.92 Å². The average Bonchev–Trinajstić information content (AvgIpc) is 3.96. The molecule has 300 valence electrons. The second kappa shape index (κ2) is 13.2. The van der Waals surface area contributed by atoms with Crippen molar-refractivity contribution in [2.24, 2.45) is 5.92 Å². The lowest BCUT2D eigenvalue weighted by Crippen LogP contribution is -2.25. The molecule has 0 radical (unpaired) electrons. The molecule has 0 spiro atoms. The van der Waals surface area contributed by atoms with Crippen LogP contribution < -0.4 is 0 Å². The van der Waals surface area contributed by atoms with Gasteiger partial charge in [-0.1, -0.05) is 166 Å². The minimum Gasteiger partial charge on any atom is -0.460 e. The van der Waals surface area contributed by atoms with Crippen molar-refractivity contribution in [3.05, 3.63) is 203 Å². The Balaban J connectivity index is 0.831. The molecule has 4 aliphatic carbocycles. The van der Waals surface area contributed by atoms with Crippen LogP contribution in [0.1, 0.15) is 72.3 Å². The summed E-state index contributed by atoms with van der Waals surface area (Å²) >= 11 is 2.04. The predicted octanol–water partition coefficient (Wildman–Crippen LogP) is 16.8. The first-order chi connectivity index (χ1) is 31.0. The zero-order chi connectivity index (χ0) is 41.6. The molecule has 5 aliphatic rings. The number of hydrogen-bond donors (Lipinski definition) is 0. The van der Waals surface area contributed by atoms with Crippen LogP contribution in [0.4, 0.5) is 0 Å². The largest absolute Gasteiger partial charge is 0.460 e. The van der Waals surface area contributed by atoms with Crippen molar-refractivity contribution >= 4 is 94.2 Å². The summed E-state index contributed by atoms with van der Waals surface area (Å²) < 4.78 is 6.45. The summed E-state index contributed by atoms with van der Waals surface area (Å²) in [6.45, 7) is 4.99. The van der Waals surface area contributed by atoms with Crippen LogP contribution in [0.25, 0.3) is 93.6 Å².